The van der Waals surface area contributed by atoms with Gasteiger partial charge in [-0.05, 0) is 38.3 Å². The molecule has 1 aromatic heterocycles. The highest BCUT2D eigenvalue weighted by Gasteiger charge is 2.24. The molecule has 0 amide bonds. The summed E-state index contributed by atoms with van der Waals surface area (Å²) < 4.78 is 5.81. The second kappa shape index (κ2) is 4.58. The van der Waals surface area contributed by atoms with Gasteiger partial charge in [-0.1, -0.05) is 12.1 Å². The molecule has 1 aliphatic carbocycles. The second-order valence-corrected chi connectivity index (χ2v) is 4.66. The van der Waals surface area contributed by atoms with Gasteiger partial charge in [-0.15, -0.1) is 0 Å². The van der Waals surface area contributed by atoms with Gasteiger partial charge in [0.25, 0.3) is 0 Å². The number of hydrogen-bond donors (Lipinski definition) is 1. The molecule has 0 saturated heterocycles. The summed E-state index contributed by atoms with van der Waals surface area (Å²) in [6.45, 7) is 2.62. The van der Waals surface area contributed by atoms with E-state index in [4.69, 9.17) is 4.74 Å². The van der Waals surface area contributed by atoms with E-state index in [1.54, 1.807) is 0 Å². The van der Waals surface area contributed by atoms with Crippen LogP contribution in [0.1, 0.15) is 37.1 Å². The molecule has 0 bridgehead atoms. The highest BCUT2D eigenvalue weighted by molar-refractivity contribution is 5.87. The Kier molecular flexibility index (Phi) is 2.92. The van der Waals surface area contributed by atoms with E-state index in [2.05, 4.69) is 4.98 Å². The molecule has 0 aliphatic heterocycles. The number of aromatic nitrogens is 1. The minimum atomic E-state index is -0.447. The average Bonchev–Trinajstić information content (AvgIpc) is 2.40. The molecule has 1 atom stereocenters. The van der Waals surface area contributed by atoms with Crippen LogP contribution in [-0.4, -0.2) is 16.7 Å². The molecule has 18 heavy (non-hydrogen) atoms. The molecule has 0 saturated carbocycles. The summed E-state index contributed by atoms with van der Waals surface area (Å²) in [6, 6.07) is 7.97. The smallest absolute Gasteiger partial charge is 0.133 e. The van der Waals surface area contributed by atoms with Gasteiger partial charge in [0.15, 0.2) is 0 Å². The molecule has 0 radical (unpaired) electrons. The Labute approximate surface area is 106 Å². The lowest BCUT2D eigenvalue weighted by Crippen LogP contribution is -2.13. The van der Waals surface area contributed by atoms with Crippen molar-refractivity contribution >= 4 is 10.9 Å². The van der Waals surface area contributed by atoms with Crippen molar-refractivity contribution in [1.29, 1.82) is 0 Å². The van der Waals surface area contributed by atoms with E-state index < -0.39 is 6.10 Å². The molecule has 2 aromatic rings. The van der Waals surface area contributed by atoms with Gasteiger partial charge in [0.2, 0.25) is 0 Å². The van der Waals surface area contributed by atoms with E-state index in [0.29, 0.717) is 6.61 Å². The Balaban J connectivity index is 2.30. The Bertz CT molecular complexity index is 580. The van der Waals surface area contributed by atoms with Crippen molar-refractivity contribution in [3.8, 4) is 5.75 Å². The number of para-hydroxylation sites is 1. The third-order valence-electron chi connectivity index (χ3n) is 3.48. The Morgan fingerprint density at radius 2 is 2.22 bits per heavy atom. The Hall–Kier alpha value is -1.61. The summed E-state index contributed by atoms with van der Waals surface area (Å²) in [6.07, 6.45) is 2.29. The van der Waals surface area contributed by atoms with Crippen LogP contribution in [0.5, 0.6) is 5.75 Å². The number of aliphatic hydroxyl groups excluding tert-OH is 1. The van der Waals surface area contributed by atoms with Crippen molar-refractivity contribution in [2.75, 3.05) is 6.61 Å². The van der Waals surface area contributed by atoms with Gasteiger partial charge in [-0.25, -0.2) is 4.98 Å². The van der Waals surface area contributed by atoms with Crippen LogP contribution in [0.25, 0.3) is 10.9 Å². The summed E-state index contributed by atoms with van der Waals surface area (Å²) >= 11 is 0. The standard InChI is InChI=1S/C15H17NO2/c1-2-18-15-10-6-3-4-8-12(10)16-14-11(15)7-5-9-13(14)17/h3-4,6,8,13,17H,2,5,7,9H2,1H3. The lowest BCUT2D eigenvalue weighted by Gasteiger charge is -2.24. The van der Waals surface area contributed by atoms with Crippen LogP contribution in [0.3, 0.4) is 0 Å². The highest BCUT2D eigenvalue weighted by atomic mass is 16.5. The maximum atomic E-state index is 10.1. The summed E-state index contributed by atoms with van der Waals surface area (Å²) in [4.78, 5) is 4.61. The van der Waals surface area contributed by atoms with E-state index in [0.717, 1.165) is 47.2 Å². The number of pyridine rings is 1. The zero-order chi connectivity index (χ0) is 12.5. The second-order valence-electron chi connectivity index (χ2n) is 4.66. The number of nitrogens with zero attached hydrogens (tertiary/aromatic N) is 1. The third-order valence-corrected chi connectivity index (χ3v) is 3.48. The van der Waals surface area contributed by atoms with Gasteiger partial charge in [0, 0.05) is 10.9 Å². The summed E-state index contributed by atoms with van der Waals surface area (Å²) in [5, 5.41) is 11.1. The number of aliphatic hydroxyl groups is 1. The normalized spacial score (nSPS) is 18.7. The number of benzene rings is 1. The van der Waals surface area contributed by atoms with Crippen molar-refractivity contribution in [2.45, 2.75) is 32.3 Å². The predicted octanol–water partition coefficient (Wildman–Crippen LogP) is 3.00. The summed E-state index contributed by atoms with van der Waals surface area (Å²) in [7, 11) is 0. The van der Waals surface area contributed by atoms with Gasteiger partial charge in [0.1, 0.15) is 5.75 Å². The molecule has 0 spiro atoms. The zero-order valence-electron chi connectivity index (χ0n) is 10.5. The predicted molar refractivity (Wildman–Crippen MR) is 70.8 cm³/mol. The lowest BCUT2D eigenvalue weighted by molar-refractivity contribution is 0.150. The Morgan fingerprint density at radius 3 is 3.06 bits per heavy atom. The molecule has 1 unspecified atom stereocenters. The molecular formula is C15H17NO2. The molecule has 3 nitrogen and oxygen atoms in total. The van der Waals surface area contributed by atoms with E-state index in [1.165, 1.54) is 0 Å². The van der Waals surface area contributed by atoms with Crippen LogP contribution in [0.2, 0.25) is 0 Å². The first kappa shape index (κ1) is 11.5. The number of rotatable bonds is 2. The third kappa shape index (κ3) is 1.75. The first-order valence-corrected chi connectivity index (χ1v) is 6.53. The maximum absolute atomic E-state index is 10.1. The molecule has 1 aliphatic rings. The monoisotopic (exact) mass is 243 g/mol. The maximum Gasteiger partial charge on any atom is 0.133 e. The molecule has 3 rings (SSSR count). The SMILES string of the molecule is CCOc1c2c(nc3ccccc13)C(O)CCC2. The van der Waals surface area contributed by atoms with Crippen LogP contribution in [-0.2, 0) is 6.42 Å². The van der Waals surface area contributed by atoms with Gasteiger partial charge < -0.3 is 9.84 Å². The van der Waals surface area contributed by atoms with Crippen LogP contribution in [0.15, 0.2) is 24.3 Å². The quantitative estimate of drug-likeness (QED) is 0.881. The lowest BCUT2D eigenvalue weighted by atomic mass is 9.91. The molecule has 3 heteroatoms. The highest BCUT2D eigenvalue weighted by Crippen LogP contribution is 2.38. The molecular weight excluding hydrogens is 226 g/mol. The minimum Gasteiger partial charge on any atom is -0.493 e. The summed E-state index contributed by atoms with van der Waals surface area (Å²) in [5.41, 5.74) is 2.80. The average molecular weight is 243 g/mol. The number of hydrogen-bond acceptors (Lipinski definition) is 3. The molecule has 0 fully saturated rings. The largest absolute Gasteiger partial charge is 0.493 e. The fourth-order valence-corrected chi connectivity index (χ4v) is 2.67. The molecule has 94 valence electrons. The molecule has 1 aromatic carbocycles. The van der Waals surface area contributed by atoms with Crippen LogP contribution in [0.4, 0.5) is 0 Å². The van der Waals surface area contributed by atoms with Crippen molar-refractivity contribution < 1.29 is 9.84 Å². The molecule has 1 N–H and O–H groups in total. The van der Waals surface area contributed by atoms with Crippen LogP contribution < -0.4 is 4.74 Å². The van der Waals surface area contributed by atoms with Crippen molar-refractivity contribution in [3.63, 3.8) is 0 Å². The van der Waals surface area contributed by atoms with Crippen LogP contribution in [0, 0.1) is 0 Å². The fourth-order valence-electron chi connectivity index (χ4n) is 2.67. The number of ether oxygens (including phenoxy) is 1. The van der Waals surface area contributed by atoms with Crippen molar-refractivity contribution in [1.82, 2.24) is 4.98 Å². The minimum absolute atomic E-state index is 0.447. The first-order valence-electron chi connectivity index (χ1n) is 6.53. The fraction of sp³-hybridized carbons (Fsp3) is 0.400. The van der Waals surface area contributed by atoms with E-state index >= 15 is 0 Å². The van der Waals surface area contributed by atoms with Gasteiger partial charge in [0.05, 0.1) is 23.9 Å². The number of fused-ring (bicyclic) bond motifs is 2. The Morgan fingerprint density at radius 1 is 1.39 bits per heavy atom. The van der Waals surface area contributed by atoms with Gasteiger partial charge >= 0.3 is 0 Å². The topological polar surface area (TPSA) is 42.4 Å². The zero-order valence-corrected chi connectivity index (χ0v) is 10.5. The van der Waals surface area contributed by atoms with Crippen molar-refractivity contribution in [3.05, 3.63) is 35.5 Å². The first-order chi connectivity index (χ1) is 8.81. The van der Waals surface area contributed by atoms with E-state index in [9.17, 15) is 5.11 Å². The van der Waals surface area contributed by atoms with Crippen molar-refractivity contribution in [2.24, 2.45) is 0 Å². The summed E-state index contributed by atoms with van der Waals surface area (Å²) in [5.74, 6) is 0.914. The van der Waals surface area contributed by atoms with Crippen LogP contribution >= 0.6 is 0 Å². The van der Waals surface area contributed by atoms with Gasteiger partial charge in [-0.2, -0.15) is 0 Å². The van der Waals surface area contributed by atoms with E-state index in [1.807, 2.05) is 31.2 Å². The molecule has 1 heterocycles. The van der Waals surface area contributed by atoms with Gasteiger partial charge in [-0.3, -0.25) is 0 Å². The van der Waals surface area contributed by atoms with E-state index in [-0.39, 0.29) is 0 Å².